The third-order valence-corrected chi connectivity index (χ3v) is 4.18. The summed E-state index contributed by atoms with van der Waals surface area (Å²) in [5.74, 6) is -0.961. The Morgan fingerprint density at radius 3 is 2.67 bits per heavy atom. The van der Waals surface area contributed by atoms with Gasteiger partial charge in [-0.05, 0) is 12.0 Å². The van der Waals surface area contributed by atoms with Crippen molar-refractivity contribution >= 4 is 12.1 Å². The van der Waals surface area contributed by atoms with Gasteiger partial charge in [-0.15, -0.1) is 0 Å². The first-order valence-corrected chi connectivity index (χ1v) is 6.90. The number of rotatable bonds is 4. The highest BCUT2D eigenvalue weighted by Crippen LogP contribution is 2.50. The van der Waals surface area contributed by atoms with Gasteiger partial charge in [0, 0.05) is 12.8 Å². The monoisotopic (exact) mass is 291 g/mol. The van der Waals surface area contributed by atoms with Crippen molar-refractivity contribution in [2.24, 2.45) is 0 Å². The molecule has 1 amide bonds. The van der Waals surface area contributed by atoms with E-state index in [9.17, 15) is 9.59 Å². The summed E-state index contributed by atoms with van der Waals surface area (Å²) in [4.78, 5) is 23.1. The minimum absolute atomic E-state index is 0.198. The van der Waals surface area contributed by atoms with E-state index in [4.69, 9.17) is 14.6 Å². The van der Waals surface area contributed by atoms with Gasteiger partial charge in [0.1, 0.15) is 6.61 Å². The van der Waals surface area contributed by atoms with E-state index >= 15 is 0 Å². The second-order valence-corrected chi connectivity index (χ2v) is 5.72. The summed E-state index contributed by atoms with van der Waals surface area (Å²) >= 11 is 0. The number of alkyl carbamates (subject to hydrolysis) is 1. The molecule has 1 saturated carbocycles. The summed E-state index contributed by atoms with van der Waals surface area (Å²) in [6.45, 7) is 0.536. The highest BCUT2D eigenvalue weighted by atomic mass is 16.6. The summed E-state index contributed by atoms with van der Waals surface area (Å²) in [6, 6.07) is 9.39. The molecule has 3 fully saturated rings. The minimum Gasteiger partial charge on any atom is -0.479 e. The van der Waals surface area contributed by atoms with Gasteiger partial charge in [-0.3, -0.25) is 0 Å². The van der Waals surface area contributed by atoms with Crippen molar-refractivity contribution in [3.63, 3.8) is 0 Å². The van der Waals surface area contributed by atoms with E-state index < -0.39 is 23.2 Å². The molecule has 4 rings (SSSR count). The average Bonchev–Trinajstić information content (AvgIpc) is 2.45. The van der Waals surface area contributed by atoms with E-state index in [1.54, 1.807) is 0 Å². The van der Waals surface area contributed by atoms with Crippen LogP contribution in [0.1, 0.15) is 24.8 Å². The van der Waals surface area contributed by atoms with Crippen LogP contribution in [0.4, 0.5) is 4.79 Å². The summed E-state index contributed by atoms with van der Waals surface area (Å²) in [5.41, 5.74) is -0.708. The molecule has 0 spiro atoms. The molecule has 2 heterocycles. The lowest BCUT2D eigenvalue weighted by atomic mass is 9.61. The van der Waals surface area contributed by atoms with Crippen LogP contribution >= 0.6 is 0 Å². The summed E-state index contributed by atoms with van der Waals surface area (Å²) in [6.07, 6.45) is 0.702. The van der Waals surface area contributed by atoms with Crippen LogP contribution in [0.15, 0.2) is 30.3 Å². The average molecular weight is 291 g/mol. The molecule has 0 unspecified atom stereocenters. The quantitative estimate of drug-likeness (QED) is 0.881. The van der Waals surface area contributed by atoms with Crippen molar-refractivity contribution in [2.75, 3.05) is 6.61 Å². The fraction of sp³-hybridized carbons (Fsp3) is 0.467. The third kappa shape index (κ3) is 2.58. The van der Waals surface area contributed by atoms with Crippen molar-refractivity contribution < 1.29 is 24.2 Å². The van der Waals surface area contributed by atoms with Crippen LogP contribution in [0.25, 0.3) is 0 Å². The number of benzene rings is 1. The van der Waals surface area contributed by atoms with Crippen LogP contribution < -0.4 is 5.32 Å². The molecular formula is C15H17NO5. The van der Waals surface area contributed by atoms with Crippen molar-refractivity contribution in [3.05, 3.63) is 35.9 Å². The van der Waals surface area contributed by atoms with Gasteiger partial charge in [0.15, 0.2) is 5.60 Å². The molecule has 2 bridgehead atoms. The van der Waals surface area contributed by atoms with Gasteiger partial charge in [0.2, 0.25) is 0 Å². The number of fused-ring (bicyclic) bond motifs is 2. The molecule has 0 atom stereocenters. The lowest BCUT2D eigenvalue weighted by Crippen LogP contribution is -2.72. The molecule has 1 aromatic rings. The SMILES string of the molecule is O=C(NC12CCOC(C(=O)O)(C1)C2)OCc1ccccc1. The van der Waals surface area contributed by atoms with Crippen molar-refractivity contribution in [2.45, 2.75) is 37.0 Å². The summed E-state index contributed by atoms with van der Waals surface area (Å²) in [5, 5.41) is 12.0. The maximum atomic E-state index is 11.9. The number of carbonyl (C=O) groups is 2. The number of aliphatic carboxylic acids is 1. The van der Waals surface area contributed by atoms with E-state index in [0.717, 1.165) is 5.56 Å². The molecule has 1 aliphatic carbocycles. The first-order valence-electron chi connectivity index (χ1n) is 6.90. The Balaban J connectivity index is 1.53. The molecule has 2 saturated heterocycles. The Morgan fingerprint density at radius 1 is 1.29 bits per heavy atom. The summed E-state index contributed by atoms with van der Waals surface area (Å²) in [7, 11) is 0. The fourth-order valence-electron chi connectivity index (χ4n) is 3.10. The van der Waals surface area contributed by atoms with Crippen LogP contribution in [0.2, 0.25) is 0 Å². The maximum absolute atomic E-state index is 11.9. The molecular weight excluding hydrogens is 274 g/mol. The Bertz CT molecular complexity index is 550. The van der Waals surface area contributed by atoms with E-state index in [1.807, 2.05) is 30.3 Å². The van der Waals surface area contributed by atoms with Crippen LogP contribution in [0.5, 0.6) is 0 Å². The number of nitrogens with one attached hydrogen (secondary N) is 1. The van der Waals surface area contributed by atoms with Gasteiger partial charge >= 0.3 is 12.1 Å². The zero-order chi connectivity index (χ0) is 14.9. The predicted octanol–water partition coefficient (Wildman–Crippen LogP) is 1.69. The van der Waals surface area contributed by atoms with E-state index in [0.29, 0.717) is 25.9 Å². The zero-order valence-corrected chi connectivity index (χ0v) is 11.5. The third-order valence-electron chi connectivity index (χ3n) is 4.18. The van der Waals surface area contributed by atoms with Crippen LogP contribution in [-0.2, 0) is 20.9 Å². The highest BCUT2D eigenvalue weighted by molar-refractivity contribution is 5.81. The lowest BCUT2D eigenvalue weighted by molar-refractivity contribution is -0.216. The number of amides is 1. The molecule has 6 heteroatoms. The second-order valence-electron chi connectivity index (χ2n) is 5.72. The Morgan fingerprint density at radius 2 is 2.00 bits per heavy atom. The number of carboxylic acid groups (broad SMARTS) is 1. The molecule has 0 radical (unpaired) electrons. The molecule has 0 aromatic heterocycles. The van der Waals surface area contributed by atoms with Gasteiger partial charge in [0.05, 0.1) is 12.1 Å². The molecule has 3 aliphatic rings. The van der Waals surface area contributed by atoms with Gasteiger partial charge in [0.25, 0.3) is 0 Å². The van der Waals surface area contributed by atoms with E-state index in [2.05, 4.69) is 5.32 Å². The Hall–Kier alpha value is -2.08. The largest absolute Gasteiger partial charge is 0.479 e. The summed E-state index contributed by atoms with van der Waals surface area (Å²) < 4.78 is 10.5. The number of carboxylic acids is 1. The number of carbonyl (C=O) groups excluding carboxylic acids is 1. The van der Waals surface area contributed by atoms with Crippen LogP contribution in [-0.4, -0.2) is 34.9 Å². The highest BCUT2D eigenvalue weighted by Gasteiger charge is 2.64. The first-order chi connectivity index (χ1) is 10.0. The zero-order valence-electron chi connectivity index (χ0n) is 11.5. The normalized spacial score (nSPS) is 30.1. The minimum atomic E-state index is -1.12. The molecule has 112 valence electrons. The van der Waals surface area contributed by atoms with Gasteiger partial charge in [-0.2, -0.15) is 0 Å². The number of hydrogen-bond donors (Lipinski definition) is 2. The van der Waals surface area contributed by atoms with Crippen LogP contribution in [0.3, 0.4) is 0 Å². The van der Waals surface area contributed by atoms with Crippen molar-refractivity contribution in [1.82, 2.24) is 5.32 Å². The number of ether oxygens (including phenoxy) is 2. The van der Waals surface area contributed by atoms with E-state index in [-0.39, 0.29) is 6.61 Å². The van der Waals surface area contributed by atoms with Gasteiger partial charge in [-0.1, -0.05) is 30.3 Å². The smallest absolute Gasteiger partial charge is 0.407 e. The fourth-order valence-corrected chi connectivity index (χ4v) is 3.10. The molecule has 1 aromatic carbocycles. The first kappa shape index (κ1) is 13.9. The Kier molecular flexibility index (Phi) is 3.33. The number of hydrogen-bond acceptors (Lipinski definition) is 4. The second kappa shape index (κ2) is 5.04. The standard InChI is InChI=1S/C15H17NO5/c17-12(18)15-9-14(10-15,6-7-21-15)16-13(19)20-8-11-4-2-1-3-5-11/h1-5H,6-10H2,(H,16,19)(H,17,18). The molecule has 21 heavy (non-hydrogen) atoms. The van der Waals surface area contributed by atoms with E-state index in [1.165, 1.54) is 0 Å². The maximum Gasteiger partial charge on any atom is 0.407 e. The van der Waals surface area contributed by atoms with Crippen molar-refractivity contribution in [3.8, 4) is 0 Å². The van der Waals surface area contributed by atoms with Gasteiger partial charge < -0.3 is 19.9 Å². The Labute approximate surface area is 122 Å². The van der Waals surface area contributed by atoms with Crippen molar-refractivity contribution in [1.29, 1.82) is 0 Å². The molecule has 6 nitrogen and oxygen atoms in total. The van der Waals surface area contributed by atoms with Crippen LogP contribution in [0, 0.1) is 0 Å². The predicted molar refractivity (Wildman–Crippen MR) is 72.7 cm³/mol. The van der Waals surface area contributed by atoms with Gasteiger partial charge in [-0.25, -0.2) is 9.59 Å². The lowest BCUT2D eigenvalue weighted by Gasteiger charge is -2.57. The molecule has 2 aliphatic heterocycles. The molecule has 2 N–H and O–H groups in total. The topological polar surface area (TPSA) is 84.9 Å².